The lowest BCUT2D eigenvalue weighted by Gasteiger charge is -2.31. The van der Waals surface area contributed by atoms with Crippen LogP contribution in [-0.4, -0.2) is 54.9 Å². The quantitative estimate of drug-likeness (QED) is 0.0828. The predicted molar refractivity (Wildman–Crippen MR) is 169 cm³/mol. The minimum Gasteiger partial charge on any atom is -0.494 e. The number of halogens is 1. The van der Waals surface area contributed by atoms with E-state index in [1.165, 1.54) is 0 Å². The molecule has 0 saturated heterocycles. The summed E-state index contributed by atoms with van der Waals surface area (Å²) in [5.41, 5.74) is 10.3. The Kier molecular flexibility index (Phi) is 11.6. The second kappa shape index (κ2) is 15.5. The van der Waals surface area contributed by atoms with Crippen molar-refractivity contribution in [2.75, 3.05) is 26.4 Å². The number of aliphatic hydroxyl groups excluding tert-OH is 1. The van der Waals surface area contributed by atoms with Crippen molar-refractivity contribution in [3.8, 4) is 5.75 Å². The average molecular weight is 651 g/mol. The van der Waals surface area contributed by atoms with Gasteiger partial charge in [-0.05, 0) is 61.7 Å². The highest BCUT2D eigenvalue weighted by atomic mass is 79.9. The van der Waals surface area contributed by atoms with Crippen LogP contribution in [0.15, 0.2) is 87.4 Å². The SMILES string of the molecule is CC(C)OCCCNC(=O)[C@]1(Cc2ccccc2N=[N+]=[N-])N=C(c2ccc(OCCCO)cc2)O[C@@H]1c1ccccc1Br. The normalized spacial score (nSPS) is 17.6. The number of carbonyl (C=O) groups excluding carboxylic acids is 1. The lowest BCUT2D eigenvalue weighted by molar-refractivity contribution is -0.129. The van der Waals surface area contributed by atoms with Crippen molar-refractivity contribution < 1.29 is 24.1 Å². The summed E-state index contributed by atoms with van der Waals surface area (Å²) in [5, 5.41) is 16.0. The zero-order valence-corrected chi connectivity index (χ0v) is 25.9. The molecule has 0 spiro atoms. The van der Waals surface area contributed by atoms with Crippen molar-refractivity contribution in [2.45, 2.75) is 50.9 Å². The van der Waals surface area contributed by atoms with Crippen LogP contribution in [0.3, 0.4) is 0 Å². The average Bonchev–Trinajstić information content (AvgIpc) is 3.38. The van der Waals surface area contributed by atoms with E-state index in [-0.39, 0.29) is 25.0 Å². The van der Waals surface area contributed by atoms with E-state index in [0.717, 1.165) is 10.0 Å². The van der Waals surface area contributed by atoms with E-state index in [0.29, 0.717) is 61.1 Å². The molecule has 0 aromatic heterocycles. The monoisotopic (exact) mass is 649 g/mol. The molecule has 3 aromatic carbocycles. The molecule has 11 heteroatoms. The van der Waals surface area contributed by atoms with Crippen molar-refractivity contribution in [3.05, 3.63) is 104 Å². The largest absolute Gasteiger partial charge is 0.494 e. The van der Waals surface area contributed by atoms with Gasteiger partial charge >= 0.3 is 0 Å². The number of aliphatic hydroxyl groups is 1. The standard InChI is InChI=1S/C32H36BrN5O5/c1-22(2)41-19-7-17-35-31(40)32(21-24-9-3-6-12-28(24)37-38-34)29(26-10-4-5-11-27(26)33)43-30(36-32)23-13-15-25(16-14-23)42-20-8-18-39/h3-6,9-16,22,29,39H,7-8,17-21H2,1-2H3,(H,35,40)/t29-,32-/m1/s1. The summed E-state index contributed by atoms with van der Waals surface area (Å²) in [6, 6.07) is 22.0. The Morgan fingerprint density at radius 1 is 1.12 bits per heavy atom. The maximum atomic E-state index is 14.3. The van der Waals surface area contributed by atoms with Crippen molar-refractivity contribution >= 4 is 33.4 Å². The summed E-state index contributed by atoms with van der Waals surface area (Å²) in [6.45, 7) is 5.28. The summed E-state index contributed by atoms with van der Waals surface area (Å²) in [5.74, 6) is 0.642. The zero-order valence-electron chi connectivity index (χ0n) is 24.3. The van der Waals surface area contributed by atoms with Crippen LogP contribution >= 0.6 is 15.9 Å². The van der Waals surface area contributed by atoms with Crippen LogP contribution in [0.25, 0.3) is 10.4 Å². The minimum atomic E-state index is -1.44. The van der Waals surface area contributed by atoms with Crippen LogP contribution in [0.2, 0.25) is 0 Å². The highest BCUT2D eigenvalue weighted by Gasteiger charge is 2.54. The first-order valence-electron chi connectivity index (χ1n) is 14.3. The number of carbonyl (C=O) groups is 1. The van der Waals surface area contributed by atoms with Gasteiger partial charge in [0.2, 0.25) is 5.90 Å². The van der Waals surface area contributed by atoms with Crippen molar-refractivity contribution in [2.24, 2.45) is 10.1 Å². The summed E-state index contributed by atoms with van der Waals surface area (Å²) < 4.78 is 18.7. The number of hydrogen-bond donors (Lipinski definition) is 2. The first-order chi connectivity index (χ1) is 20.9. The highest BCUT2D eigenvalue weighted by Crippen LogP contribution is 2.45. The van der Waals surface area contributed by atoms with Gasteiger partial charge in [0.15, 0.2) is 11.6 Å². The first kappa shape index (κ1) is 32.0. The number of benzene rings is 3. The molecule has 2 N–H and O–H groups in total. The van der Waals surface area contributed by atoms with Crippen LogP contribution in [-0.2, 0) is 20.7 Å². The number of nitrogens with zero attached hydrogens (tertiary/aromatic N) is 4. The van der Waals surface area contributed by atoms with Gasteiger partial charge in [0.1, 0.15) is 5.75 Å². The Balaban J connectivity index is 1.77. The van der Waals surface area contributed by atoms with Crippen molar-refractivity contribution in [3.63, 3.8) is 0 Å². The summed E-state index contributed by atoms with van der Waals surface area (Å²) >= 11 is 3.65. The fourth-order valence-corrected chi connectivity index (χ4v) is 5.28. The fourth-order valence-electron chi connectivity index (χ4n) is 4.79. The van der Waals surface area contributed by atoms with E-state index in [4.69, 9.17) is 24.3 Å². The second-order valence-corrected chi connectivity index (χ2v) is 11.2. The van der Waals surface area contributed by atoms with Gasteiger partial charge in [0, 0.05) is 58.8 Å². The van der Waals surface area contributed by atoms with E-state index < -0.39 is 11.6 Å². The number of ether oxygens (including phenoxy) is 3. The molecule has 4 rings (SSSR count). The lowest BCUT2D eigenvalue weighted by atomic mass is 9.81. The number of azide groups is 1. The molecule has 0 bridgehead atoms. The Morgan fingerprint density at radius 2 is 1.86 bits per heavy atom. The van der Waals surface area contributed by atoms with Gasteiger partial charge in [-0.15, -0.1) is 0 Å². The van der Waals surface area contributed by atoms with Crippen LogP contribution in [0.5, 0.6) is 5.75 Å². The van der Waals surface area contributed by atoms with Gasteiger partial charge in [-0.1, -0.05) is 63.5 Å². The van der Waals surface area contributed by atoms with Crippen molar-refractivity contribution in [1.29, 1.82) is 0 Å². The summed E-state index contributed by atoms with van der Waals surface area (Å²) in [7, 11) is 0. The molecule has 10 nitrogen and oxygen atoms in total. The first-order valence-corrected chi connectivity index (χ1v) is 15.0. The molecule has 43 heavy (non-hydrogen) atoms. The number of amides is 1. The molecule has 0 fully saturated rings. The molecule has 1 amide bonds. The number of rotatable bonds is 15. The molecule has 2 atom stereocenters. The molecule has 0 radical (unpaired) electrons. The molecular formula is C32H36BrN5O5. The van der Waals surface area contributed by atoms with Gasteiger partial charge in [-0.3, -0.25) is 4.79 Å². The van der Waals surface area contributed by atoms with Gasteiger partial charge in [0.25, 0.3) is 5.91 Å². The van der Waals surface area contributed by atoms with Crippen molar-refractivity contribution in [1.82, 2.24) is 5.32 Å². The minimum absolute atomic E-state index is 0.0524. The predicted octanol–water partition coefficient (Wildman–Crippen LogP) is 6.58. The summed E-state index contributed by atoms with van der Waals surface area (Å²) in [6.07, 6.45) is 0.577. The topological polar surface area (TPSA) is 138 Å². The molecule has 0 unspecified atom stereocenters. The van der Waals surface area contributed by atoms with Gasteiger partial charge in [-0.2, -0.15) is 0 Å². The van der Waals surface area contributed by atoms with Crippen LogP contribution in [0.4, 0.5) is 5.69 Å². The Labute approximate surface area is 259 Å². The van der Waals surface area contributed by atoms with E-state index in [1.807, 2.05) is 62.4 Å². The molecule has 0 aliphatic carbocycles. The van der Waals surface area contributed by atoms with E-state index in [1.54, 1.807) is 24.3 Å². The number of hydrogen-bond acceptors (Lipinski definition) is 7. The van der Waals surface area contributed by atoms with E-state index >= 15 is 0 Å². The fraction of sp³-hybridized carbons (Fsp3) is 0.375. The third-order valence-corrected chi connectivity index (χ3v) is 7.60. The second-order valence-electron chi connectivity index (χ2n) is 10.3. The lowest BCUT2D eigenvalue weighted by Crippen LogP contribution is -2.50. The van der Waals surface area contributed by atoms with E-state index in [9.17, 15) is 10.3 Å². The Hall–Kier alpha value is -3.89. The smallest absolute Gasteiger partial charge is 0.252 e. The van der Waals surface area contributed by atoms with Gasteiger partial charge < -0.3 is 24.6 Å². The van der Waals surface area contributed by atoms with Gasteiger partial charge in [0.05, 0.1) is 12.7 Å². The zero-order chi connectivity index (χ0) is 30.7. The van der Waals surface area contributed by atoms with Crippen LogP contribution in [0, 0.1) is 0 Å². The maximum Gasteiger partial charge on any atom is 0.252 e. The number of aliphatic imine (C=N–C) groups is 1. The third-order valence-electron chi connectivity index (χ3n) is 6.88. The molecular weight excluding hydrogens is 614 g/mol. The Morgan fingerprint density at radius 3 is 2.58 bits per heavy atom. The summed E-state index contributed by atoms with van der Waals surface area (Å²) in [4.78, 5) is 22.3. The molecule has 1 aliphatic heterocycles. The number of nitrogens with one attached hydrogen (secondary N) is 1. The van der Waals surface area contributed by atoms with Gasteiger partial charge in [-0.25, -0.2) is 4.99 Å². The molecule has 0 saturated carbocycles. The molecule has 226 valence electrons. The Bertz CT molecular complexity index is 1460. The van der Waals surface area contributed by atoms with Crippen LogP contribution in [0.1, 0.15) is 49.5 Å². The van der Waals surface area contributed by atoms with Crippen LogP contribution < -0.4 is 10.1 Å². The molecule has 1 aliphatic rings. The molecule has 3 aromatic rings. The van der Waals surface area contributed by atoms with E-state index in [2.05, 4.69) is 31.3 Å². The maximum absolute atomic E-state index is 14.3. The third kappa shape index (κ3) is 8.14. The molecule has 1 heterocycles. The highest BCUT2D eigenvalue weighted by molar-refractivity contribution is 9.10.